The van der Waals surface area contributed by atoms with Crippen LogP contribution in [-0.2, 0) is 0 Å². The average molecular weight is 348 g/mol. The molecule has 0 spiro atoms. The van der Waals surface area contributed by atoms with Crippen molar-refractivity contribution in [2.45, 2.75) is 0 Å². The first-order valence-corrected chi connectivity index (χ1v) is 7.85. The Bertz CT molecular complexity index is 853. The van der Waals surface area contributed by atoms with Crippen LogP contribution in [0.4, 0.5) is 5.82 Å². The molecule has 118 valence electrons. The van der Waals surface area contributed by atoms with Gasteiger partial charge in [-0.2, -0.15) is 0 Å². The molecule has 0 aliphatic carbocycles. The second-order valence-corrected chi connectivity index (χ2v) is 5.86. The second-order valence-electron chi connectivity index (χ2n) is 5.08. The third-order valence-corrected chi connectivity index (χ3v) is 4.29. The number of nitrogens with zero attached hydrogens (tertiary/aromatic N) is 4. The second kappa shape index (κ2) is 6.66. The van der Waals surface area contributed by atoms with Gasteiger partial charge in [-0.3, -0.25) is 0 Å². The molecule has 0 atom stereocenters. The predicted octanol–water partition coefficient (Wildman–Crippen LogP) is 3.39. The molecule has 0 amide bonds. The lowest BCUT2D eigenvalue weighted by atomic mass is 10.1. The maximum Gasteiger partial charge on any atom is 0.178 e. The molecule has 0 saturated heterocycles. The molecule has 3 rings (SSSR count). The van der Waals surface area contributed by atoms with E-state index >= 15 is 0 Å². The Morgan fingerprint density at radius 2 is 1.96 bits per heavy atom. The number of likely N-dealkylation sites (N-methyl/N-ethyl adjacent to an activating group) is 1. The lowest BCUT2D eigenvalue weighted by Crippen LogP contribution is -2.25. The summed E-state index contributed by atoms with van der Waals surface area (Å²) in [6.45, 7) is 1.27. The van der Waals surface area contributed by atoms with Crippen LogP contribution in [0, 0.1) is 0 Å². The summed E-state index contributed by atoms with van der Waals surface area (Å²) in [6.07, 6.45) is 1.69. The number of nitrogens with two attached hydrogens (primary N) is 1. The van der Waals surface area contributed by atoms with Crippen molar-refractivity contribution in [3.05, 3.63) is 46.6 Å². The van der Waals surface area contributed by atoms with E-state index in [1.165, 1.54) is 0 Å². The zero-order valence-electron chi connectivity index (χ0n) is 12.5. The minimum Gasteiger partial charge on any atom is -0.357 e. The van der Waals surface area contributed by atoms with Crippen LogP contribution in [0.25, 0.3) is 22.4 Å². The molecule has 0 saturated carbocycles. The van der Waals surface area contributed by atoms with Crippen molar-refractivity contribution in [3.8, 4) is 11.3 Å². The highest BCUT2D eigenvalue weighted by molar-refractivity contribution is 6.43. The summed E-state index contributed by atoms with van der Waals surface area (Å²) in [4.78, 5) is 15.4. The van der Waals surface area contributed by atoms with Gasteiger partial charge in [0.2, 0.25) is 0 Å². The van der Waals surface area contributed by atoms with Crippen LogP contribution < -0.4 is 10.6 Å². The standard InChI is InChI=1S/C16H15Cl2N5/c1-23(8-7-19)14-9-20-16-13(21-14)6-5-12(22-16)10-3-2-4-11(17)15(10)18/h2-6,9H,7-8,19H2,1H3. The van der Waals surface area contributed by atoms with E-state index in [2.05, 4.69) is 15.0 Å². The van der Waals surface area contributed by atoms with Crippen LogP contribution in [0.3, 0.4) is 0 Å². The lowest BCUT2D eigenvalue weighted by molar-refractivity contribution is 0.867. The molecule has 1 aromatic carbocycles. The Morgan fingerprint density at radius 3 is 2.74 bits per heavy atom. The van der Waals surface area contributed by atoms with Crippen LogP contribution in [-0.4, -0.2) is 35.1 Å². The molecular weight excluding hydrogens is 333 g/mol. The van der Waals surface area contributed by atoms with Crippen LogP contribution in [0.5, 0.6) is 0 Å². The first-order valence-electron chi connectivity index (χ1n) is 7.09. The van der Waals surface area contributed by atoms with Crippen molar-refractivity contribution in [1.82, 2.24) is 15.0 Å². The monoisotopic (exact) mass is 347 g/mol. The van der Waals surface area contributed by atoms with E-state index in [1.807, 2.05) is 36.2 Å². The lowest BCUT2D eigenvalue weighted by Gasteiger charge is -2.16. The SMILES string of the molecule is CN(CCN)c1cnc2nc(-c3cccc(Cl)c3Cl)ccc2n1. The quantitative estimate of drug-likeness (QED) is 0.783. The largest absolute Gasteiger partial charge is 0.357 e. The van der Waals surface area contributed by atoms with Gasteiger partial charge < -0.3 is 10.6 Å². The highest BCUT2D eigenvalue weighted by Crippen LogP contribution is 2.32. The minimum atomic E-state index is 0.480. The molecule has 7 heteroatoms. The van der Waals surface area contributed by atoms with Gasteiger partial charge in [-0.05, 0) is 18.2 Å². The summed E-state index contributed by atoms with van der Waals surface area (Å²) in [7, 11) is 1.93. The van der Waals surface area contributed by atoms with Gasteiger partial charge >= 0.3 is 0 Å². The van der Waals surface area contributed by atoms with Crippen molar-refractivity contribution >= 4 is 40.2 Å². The number of halogens is 2. The first-order chi connectivity index (χ1) is 11.1. The van der Waals surface area contributed by atoms with Gasteiger partial charge in [0.25, 0.3) is 0 Å². The summed E-state index contributed by atoms with van der Waals surface area (Å²) >= 11 is 12.3. The number of fused-ring (bicyclic) bond motifs is 1. The fourth-order valence-corrected chi connectivity index (χ4v) is 2.64. The van der Waals surface area contributed by atoms with Crippen molar-refractivity contribution in [2.24, 2.45) is 5.73 Å². The molecule has 2 aromatic heterocycles. The number of hydrogen-bond donors (Lipinski definition) is 1. The maximum absolute atomic E-state index is 6.25. The van der Waals surface area contributed by atoms with E-state index < -0.39 is 0 Å². The third kappa shape index (κ3) is 3.22. The van der Waals surface area contributed by atoms with Gasteiger partial charge in [-0.15, -0.1) is 0 Å². The van der Waals surface area contributed by atoms with Gasteiger partial charge in [0.05, 0.1) is 21.9 Å². The number of aromatic nitrogens is 3. The molecule has 3 aromatic rings. The highest BCUT2D eigenvalue weighted by atomic mass is 35.5. The molecule has 23 heavy (non-hydrogen) atoms. The molecule has 0 radical (unpaired) electrons. The fraction of sp³-hybridized carbons (Fsp3) is 0.188. The van der Waals surface area contributed by atoms with E-state index in [0.29, 0.717) is 40.0 Å². The molecule has 0 aliphatic heterocycles. The zero-order chi connectivity index (χ0) is 16.4. The Morgan fingerprint density at radius 1 is 1.13 bits per heavy atom. The van der Waals surface area contributed by atoms with Gasteiger partial charge in [0.15, 0.2) is 5.65 Å². The number of rotatable bonds is 4. The third-order valence-electron chi connectivity index (χ3n) is 3.47. The molecule has 2 N–H and O–H groups in total. The Balaban J connectivity index is 2.03. The Hall–Kier alpha value is -1.95. The molecule has 5 nitrogen and oxygen atoms in total. The number of anilines is 1. The van der Waals surface area contributed by atoms with Gasteiger partial charge in [0, 0.05) is 25.7 Å². The molecule has 0 fully saturated rings. The summed E-state index contributed by atoms with van der Waals surface area (Å²) in [5.74, 6) is 0.762. The summed E-state index contributed by atoms with van der Waals surface area (Å²) in [6, 6.07) is 9.20. The van der Waals surface area contributed by atoms with Crippen LogP contribution in [0.2, 0.25) is 10.0 Å². The average Bonchev–Trinajstić information content (AvgIpc) is 2.56. The van der Waals surface area contributed by atoms with Gasteiger partial charge in [-0.25, -0.2) is 15.0 Å². The summed E-state index contributed by atoms with van der Waals surface area (Å²) < 4.78 is 0. The van der Waals surface area contributed by atoms with E-state index in [9.17, 15) is 0 Å². The molecule has 0 unspecified atom stereocenters. The molecule has 0 bridgehead atoms. The van der Waals surface area contributed by atoms with Crippen LogP contribution in [0.15, 0.2) is 36.5 Å². The topological polar surface area (TPSA) is 67.9 Å². The molecule has 2 heterocycles. The Labute approximate surface area is 144 Å². The smallest absolute Gasteiger partial charge is 0.178 e. The van der Waals surface area contributed by atoms with E-state index in [1.54, 1.807) is 12.3 Å². The van der Waals surface area contributed by atoms with Crippen molar-refractivity contribution in [1.29, 1.82) is 0 Å². The highest BCUT2D eigenvalue weighted by Gasteiger charge is 2.10. The van der Waals surface area contributed by atoms with Gasteiger partial charge in [0.1, 0.15) is 11.3 Å². The molecule has 0 aliphatic rings. The fourth-order valence-electron chi connectivity index (χ4n) is 2.24. The molecular formula is C16H15Cl2N5. The van der Waals surface area contributed by atoms with Crippen molar-refractivity contribution < 1.29 is 0 Å². The van der Waals surface area contributed by atoms with Crippen LogP contribution in [0.1, 0.15) is 0 Å². The van der Waals surface area contributed by atoms with E-state index in [4.69, 9.17) is 28.9 Å². The van der Waals surface area contributed by atoms with Crippen molar-refractivity contribution in [3.63, 3.8) is 0 Å². The summed E-state index contributed by atoms with van der Waals surface area (Å²) in [5, 5.41) is 0.976. The van der Waals surface area contributed by atoms with Gasteiger partial charge in [-0.1, -0.05) is 35.3 Å². The van der Waals surface area contributed by atoms with E-state index in [0.717, 1.165) is 11.4 Å². The van der Waals surface area contributed by atoms with Crippen molar-refractivity contribution in [2.75, 3.05) is 25.0 Å². The number of hydrogen-bond acceptors (Lipinski definition) is 5. The normalized spacial score (nSPS) is 11.0. The van der Waals surface area contributed by atoms with E-state index in [-0.39, 0.29) is 0 Å². The van der Waals surface area contributed by atoms with Crippen LogP contribution >= 0.6 is 23.2 Å². The summed E-state index contributed by atoms with van der Waals surface area (Å²) in [5.41, 5.74) is 8.32. The zero-order valence-corrected chi connectivity index (χ0v) is 14.0. The Kier molecular flexibility index (Phi) is 4.61. The number of benzene rings is 1. The minimum absolute atomic E-state index is 0.480. The number of pyridine rings is 1. The maximum atomic E-state index is 6.25. The first kappa shape index (κ1) is 15.9. The predicted molar refractivity (Wildman–Crippen MR) is 95.1 cm³/mol.